The maximum atomic E-state index is 4.59. The number of hydrogen-bond acceptors (Lipinski definition) is 1. The summed E-state index contributed by atoms with van der Waals surface area (Å²) in [5.74, 6) is 0. The summed E-state index contributed by atoms with van der Waals surface area (Å²) in [5, 5.41) is 1.21. The van der Waals surface area contributed by atoms with Crippen LogP contribution in [-0.4, -0.2) is 9.81 Å². The second-order valence-electron chi connectivity index (χ2n) is 3.48. The highest BCUT2D eigenvalue weighted by atomic mass is 79.9. The van der Waals surface area contributed by atoms with Gasteiger partial charge in [0, 0.05) is 22.3 Å². The van der Waals surface area contributed by atoms with Crippen molar-refractivity contribution >= 4 is 26.8 Å². The van der Waals surface area contributed by atoms with Crippen LogP contribution in [0, 0.1) is 0 Å². The van der Waals surface area contributed by atoms with Crippen molar-refractivity contribution in [2.75, 3.05) is 0 Å². The first-order valence-corrected chi connectivity index (χ1v) is 5.66. The van der Waals surface area contributed by atoms with Crippen LogP contribution >= 0.6 is 15.9 Å². The van der Waals surface area contributed by atoms with Gasteiger partial charge in [-0.2, -0.15) is 0 Å². The van der Waals surface area contributed by atoms with E-state index in [0.29, 0.717) is 4.83 Å². The molecule has 0 aliphatic heterocycles. The first-order chi connectivity index (χ1) is 6.75. The normalized spacial score (nSPS) is 13.0. The molecule has 2 heteroatoms. The van der Waals surface area contributed by atoms with Crippen molar-refractivity contribution in [1.29, 1.82) is 0 Å². The standard InChI is InChI=1S/C12H12BrN/c1-9(13)8-11-7-6-10-4-2-3-5-12(10)14-11/h2-7,9H,8H2,1H3. The molecule has 0 aliphatic rings. The Morgan fingerprint density at radius 2 is 2.00 bits per heavy atom. The van der Waals surface area contributed by atoms with E-state index in [0.717, 1.165) is 17.6 Å². The first-order valence-electron chi connectivity index (χ1n) is 4.74. The zero-order chi connectivity index (χ0) is 9.97. The van der Waals surface area contributed by atoms with Crippen LogP contribution in [0.25, 0.3) is 10.9 Å². The summed E-state index contributed by atoms with van der Waals surface area (Å²) in [4.78, 5) is 5.07. The quantitative estimate of drug-likeness (QED) is 0.742. The second-order valence-corrected chi connectivity index (χ2v) is 5.04. The third-order valence-electron chi connectivity index (χ3n) is 2.15. The van der Waals surface area contributed by atoms with Crippen LogP contribution in [0.4, 0.5) is 0 Å². The zero-order valence-corrected chi connectivity index (χ0v) is 9.66. The van der Waals surface area contributed by atoms with Crippen LogP contribution in [-0.2, 0) is 6.42 Å². The molecule has 1 aromatic carbocycles. The van der Waals surface area contributed by atoms with Gasteiger partial charge in [-0.3, -0.25) is 4.98 Å². The van der Waals surface area contributed by atoms with E-state index in [1.54, 1.807) is 0 Å². The van der Waals surface area contributed by atoms with E-state index in [2.05, 4.69) is 52.1 Å². The van der Waals surface area contributed by atoms with Crippen LogP contribution in [0.5, 0.6) is 0 Å². The maximum absolute atomic E-state index is 4.59. The summed E-state index contributed by atoms with van der Waals surface area (Å²) >= 11 is 3.54. The fourth-order valence-corrected chi connectivity index (χ4v) is 1.84. The number of alkyl halides is 1. The maximum Gasteiger partial charge on any atom is 0.0705 e. The Morgan fingerprint density at radius 3 is 2.79 bits per heavy atom. The SMILES string of the molecule is CC(Br)Cc1ccc2ccccc2n1. The van der Waals surface area contributed by atoms with Gasteiger partial charge in [0.1, 0.15) is 0 Å². The summed E-state index contributed by atoms with van der Waals surface area (Å²) in [7, 11) is 0. The lowest BCUT2D eigenvalue weighted by molar-refractivity contribution is 0.923. The van der Waals surface area contributed by atoms with Gasteiger partial charge in [0.25, 0.3) is 0 Å². The van der Waals surface area contributed by atoms with Gasteiger partial charge in [-0.15, -0.1) is 0 Å². The molecule has 0 bridgehead atoms. The molecular formula is C12H12BrN. The molecule has 0 spiro atoms. The number of benzene rings is 1. The molecule has 0 radical (unpaired) electrons. The molecule has 1 atom stereocenters. The lowest BCUT2D eigenvalue weighted by atomic mass is 10.1. The van der Waals surface area contributed by atoms with Crippen LogP contribution in [0.1, 0.15) is 12.6 Å². The van der Waals surface area contributed by atoms with Crippen molar-refractivity contribution < 1.29 is 0 Å². The van der Waals surface area contributed by atoms with E-state index < -0.39 is 0 Å². The van der Waals surface area contributed by atoms with Crippen LogP contribution in [0.15, 0.2) is 36.4 Å². The van der Waals surface area contributed by atoms with Gasteiger partial charge in [-0.05, 0) is 12.1 Å². The third kappa shape index (κ3) is 2.13. The van der Waals surface area contributed by atoms with Crippen molar-refractivity contribution in [3.63, 3.8) is 0 Å². The van der Waals surface area contributed by atoms with Crippen LogP contribution in [0.2, 0.25) is 0 Å². The molecule has 0 saturated heterocycles. The summed E-state index contributed by atoms with van der Waals surface area (Å²) in [5.41, 5.74) is 2.23. The average Bonchev–Trinajstić information content (AvgIpc) is 2.17. The summed E-state index contributed by atoms with van der Waals surface area (Å²) in [6.45, 7) is 2.14. The number of fused-ring (bicyclic) bond motifs is 1. The van der Waals surface area contributed by atoms with Crippen LogP contribution in [0.3, 0.4) is 0 Å². The van der Waals surface area contributed by atoms with Crippen LogP contribution < -0.4 is 0 Å². The smallest absolute Gasteiger partial charge is 0.0705 e. The Hall–Kier alpha value is -0.890. The summed E-state index contributed by atoms with van der Waals surface area (Å²) < 4.78 is 0. The lowest BCUT2D eigenvalue weighted by Gasteiger charge is -2.03. The summed E-state index contributed by atoms with van der Waals surface area (Å²) in [6.07, 6.45) is 0.977. The molecule has 72 valence electrons. The number of nitrogens with zero attached hydrogens (tertiary/aromatic N) is 1. The lowest BCUT2D eigenvalue weighted by Crippen LogP contribution is -1.98. The molecule has 1 aromatic heterocycles. The van der Waals surface area contributed by atoms with E-state index >= 15 is 0 Å². The van der Waals surface area contributed by atoms with E-state index in [4.69, 9.17) is 0 Å². The number of halogens is 1. The monoisotopic (exact) mass is 249 g/mol. The van der Waals surface area contributed by atoms with Crippen molar-refractivity contribution in [3.05, 3.63) is 42.1 Å². The molecule has 1 heterocycles. The Bertz CT molecular complexity index is 437. The topological polar surface area (TPSA) is 12.9 Å². The predicted molar refractivity (Wildman–Crippen MR) is 63.8 cm³/mol. The minimum Gasteiger partial charge on any atom is -0.253 e. The van der Waals surface area contributed by atoms with E-state index in [1.165, 1.54) is 5.39 Å². The highest BCUT2D eigenvalue weighted by Crippen LogP contribution is 2.14. The molecule has 2 aromatic rings. The van der Waals surface area contributed by atoms with Crippen molar-refractivity contribution in [3.8, 4) is 0 Å². The average molecular weight is 250 g/mol. The highest BCUT2D eigenvalue weighted by Gasteiger charge is 2.01. The van der Waals surface area contributed by atoms with Gasteiger partial charge in [-0.25, -0.2) is 0 Å². The van der Waals surface area contributed by atoms with E-state index in [-0.39, 0.29) is 0 Å². The highest BCUT2D eigenvalue weighted by molar-refractivity contribution is 9.09. The third-order valence-corrected chi connectivity index (χ3v) is 2.47. The molecule has 0 amide bonds. The molecule has 2 rings (SSSR count). The first kappa shape index (κ1) is 9.66. The number of aromatic nitrogens is 1. The minimum atomic E-state index is 0.483. The van der Waals surface area contributed by atoms with E-state index in [1.807, 2.05) is 12.1 Å². The Balaban J connectivity index is 2.41. The van der Waals surface area contributed by atoms with Gasteiger partial charge in [0.15, 0.2) is 0 Å². The summed E-state index contributed by atoms with van der Waals surface area (Å²) in [6, 6.07) is 12.4. The molecule has 14 heavy (non-hydrogen) atoms. The fourth-order valence-electron chi connectivity index (χ4n) is 1.51. The molecule has 1 unspecified atom stereocenters. The van der Waals surface area contributed by atoms with Gasteiger partial charge in [-0.1, -0.05) is 47.1 Å². The largest absolute Gasteiger partial charge is 0.253 e. The zero-order valence-electron chi connectivity index (χ0n) is 8.07. The molecular weight excluding hydrogens is 238 g/mol. The second kappa shape index (κ2) is 4.09. The van der Waals surface area contributed by atoms with E-state index in [9.17, 15) is 0 Å². The number of hydrogen-bond donors (Lipinski definition) is 0. The van der Waals surface area contributed by atoms with Gasteiger partial charge >= 0.3 is 0 Å². The number of rotatable bonds is 2. The van der Waals surface area contributed by atoms with Gasteiger partial charge in [0.2, 0.25) is 0 Å². The Kier molecular flexibility index (Phi) is 2.82. The number of pyridine rings is 1. The van der Waals surface area contributed by atoms with Crippen molar-refractivity contribution in [1.82, 2.24) is 4.98 Å². The van der Waals surface area contributed by atoms with Gasteiger partial charge < -0.3 is 0 Å². The predicted octanol–water partition coefficient (Wildman–Crippen LogP) is 3.56. The van der Waals surface area contributed by atoms with Gasteiger partial charge in [0.05, 0.1) is 5.52 Å². The molecule has 0 aliphatic carbocycles. The molecule has 1 nitrogen and oxygen atoms in total. The molecule has 0 N–H and O–H groups in total. The number of para-hydroxylation sites is 1. The van der Waals surface area contributed by atoms with Crippen molar-refractivity contribution in [2.45, 2.75) is 18.2 Å². The minimum absolute atomic E-state index is 0.483. The van der Waals surface area contributed by atoms with Crippen molar-refractivity contribution in [2.24, 2.45) is 0 Å². The Labute approximate surface area is 92.3 Å². The molecule has 0 saturated carbocycles. The Morgan fingerprint density at radius 1 is 1.21 bits per heavy atom. The fraction of sp³-hybridized carbons (Fsp3) is 0.250. The molecule has 0 fully saturated rings.